The molecular formula is C13H13FO2S. The van der Waals surface area contributed by atoms with Crippen LogP contribution in [0.15, 0.2) is 24.3 Å². The van der Waals surface area contributed by atoms with E-state index in [4.69, 9.17) is 0 Å². The summed E-state index contributed by atoms with van der Waals surface area (Å²) in [6.45, 7) is 1.53. The van der Waals surface area contributed by atoms with Crippen molar-refractivity contribution in [1.29, 1.82) is 0 Å². The molecule has 17 heavy (non-hydrogen) atoms. The highest BCUT2D eigenvalue weighted by atomic mass is 32.2. The lowest BCUT2D eigenvalue weighted by Crippen LogP contribution is -1.86. The molecule has 4 heteroatoms. The van der Waals surface area contributed by atoms with Gasteiger partial charge in [0.15, 0.2) is 5.12 Å². The van der Waals surface area contributed by atoms with E-state index in [1.54, 1.807) is 12.1 Å². The number of halogens is 1. The summed E-state index contributed by atoms with van der Waals surface area (Å²) in [6.07, 6.45) is 4.96. The fourth-order valence-corrected chi connectivity index (χ4v) is 1.83. The van der Waals surface area contributed by atoms with Crippen LogP contribution in [0.25, 0.3) is 6.08 Å². The van der Waals surface area contributed by atoms with E-state index in [0.29, 0.717) is 23.2 Å². The van der Waals surface area contributed by atoms with Gasteiger partial charge in [0.25, 0.3) is 0 Å². The van der Waals surface area contributed by atoms with Crippen molar-refractivity contribution in [1.82, 2.24) is 0 Å². The second-order valence-corrected chi connectivity index (χ2v) is 4.74. The van der Waals surface area contributed by atoms with Gasteiger partial charge in [-0.1, -0.05) is 23.9 Å². The summed E-state index contributed by atoms with van der Waals surface area (Å²) >= 11 is 1.26. The van der Waals surface area contributed by atoms with E-state index >= 15 is 0 Å². The van der Waals surface area contributed by atoms with Gasteiger partial charge in [0.05, 0.1) is 0 Å². The summed E-state index contributed by atoms with van der Waals surface area (Å²) in [5.41, 5.74) is 0.975. The Morgan fingerprint density at radius 1 is 1.35 bits per heavy atom. The maximum absolute atomic E-state index is 13.1. The molecular weight excluding hydrogens is 239 g/mol. The van der Waals surface area contributed by atoms with Crippen molar-refractivity contribution in [2.45, 2.75) is 13.3 Å². The Morgan fingerprint density at radius 3 is 2.71 bits per heavy atom. The van der Waals surface area contributed by atoms with Crippen LogP contribution in [0.2, 0.25) is 0 Å². The SMILES string of the molecule is CC(=O)SCCC=Cc1cc(F)cc(C=O)c1. The fraction of sp³-hybridized carbons (Fsp3) is 0.231. The number of rotatable bonds is 5. The Kier molecular flexibility index (Phi) is 5.63. The predicted molar refractivity (Wildman–Crippen MR) is 68.6 cm³/mol. The molecule has 0 amide bonds. The lowest BCUT2D eigenvalue weighted by Gasteiger charge is -1.97. The molecule has 0 atom stereocenters. The summed E-state index contributed by atoms with van der Waals surface area (Å²) in [7, 11) is 0. The van der Waals surface area contributed by atoms with Gasteiger partial charge in [-0.25, -0.2) is 4.39 Å². The molecule has 0 aromatic heterocycles. The highest BCUT2D eigenvalue weighted by molar-refractivity contribution is 8.13. The largest absolute Gasteiger partial charge is 0.298 e. The first-order chi connectivity index (χ1) is 8.11. The van der Waals surface area contributed by atoms with Crippen molar-refractivity contribution >= 4 is 29.2 Å². The van der Waals surface area contributed by atoms with Crippen molar-refractivity contribution in [2.24, 2.45) is 0 Å². The lowest BCUT2D eigenvalue weighted by atomic mass is 10.1. The van der Waals surface area contributed by atoms with Crippen LogP contribution in [0.1, 0.15) is 29.3 Å². The summed E-state index contributed by atoms with van der Waals surface area (Å²) in [5.74, 6) is 0.286. The molecule has 1 rings (SSSR count). The maximum Gasteiger partial charge on any atom is 0.185 e. The highest BCUT2D eigenvalue weighted by Crippen LogP contribution is 2.11. The molecule has 0 aliphatic heterocycles. The zero-order valence-corrected chi connectivity index (χ0v) is 10.3. The van der Waals surface area contributed by atoms with Crippen LogP contribution in [-0.2, 0) is 4.79 Å². The van der Waals surface area contributed by atoms with E-state index in [1.165, 1.54) is 30.8 Å². The molecule has 0 spiro atoms. The minimum Gasteiger partial charge on any atom is -0.298 e. The summed E-state index contributed by atoms with van der Waals surface area (Å²) < 4.78 is 13.1. The van der Waals surface area contributed by atoms with Crippen molar-refractivity contribution in [3.05, 3.63) is 41.2 Å². The molecule has 2 nitrogen and oxygen atoms in total. The molecule has 0 saturated carbocycles. The Hall–Kier alpha value is -1.42. The zero-order chi connectivity index (χ0) is 12.7. The van der Waals surface area contributed by atoms with Gasteiger partial charge in [0, 0.05) is 18.2 Å². The van der Waals surface area contributed by atoms with Crippen LogP contribution >= 0.6 is 11.8 Å². The molecule has 0 bridgehead atoms. The molecule has 0 aliphatic rings. The number of benzene rings is 1. The first-order valence-corrected chi connectivity index (χ1v) is 6.16. The van der Waals surface area contributed by atoms with Gasteiger partial charge >= 0.3 is 0 Å². The molecule has 0 aliphatic carbocycles. The van der Waals surface area contributed by atoms with Gasteiger partial charge in [0.2, 0.25) is 0 Å². The molecule has 0 N–H and O–H groups in total. The Bertz CT molecular complexity index is 441. The number of carbonyl (C=O) groups excluding carboxylic acids is 2. The molecule has 0 radical (unpaired) electrons. The number of allylic oxidation sites excluding steroid dienone is 1. The van der Waals surface area contributed by atoms with Crippen LogP contribution in [0.5, 0.6) is 0 Å². The summed E-state index contributed by atoms with van der Waals surface area (Å²) in [6, 6.07) is 4.17. The van der Waals surface area contributed by atoms with Crippen molar-refractivity contribution < 1.29 is 14.0 Å². The zero-order valence-electron chi connectivity index (χ0n) is 9.48. The summed E-state index contributed by atoms with van der Waals surface area (Å²) in [5, 5.41) is 0.0902. The van der Waals surface area contributed by atoms with Crippen LogP contribution < -0.4 is 0 Å². The molecule has 0 saturated heterocycles. The highest BCUT2D eigenvalue weighted by Gasteiger charge is 1.97. The van der Waals surface area contributed by atoms with Crippen molar-refractivity contribution in [2.75, 3.05) is 5.75 Å². The predicted octanol–water partition coefficient (Wildman–Crippen LogP) is 3.32. The normalized spacial score (nSPS) is 10.7. The molecule has 0 heterocycles. The molecule has 90 valence electrons. The second kappa shape index (κ2) is 7.01. The monoisotopic (exact) mass is 252 g/mol. The first kappa shape index (κ1) is 13.6. The van der Waals surface area contributed by atoms with E-state index in [9.17, 15) is 14.0 Å². The van der Waals surface area contributed by atoms with E-state index in [-0.39, 0.29) is 5.12 Å². The lowest BCUT2D eigenvalue weighted by molar-refractivity contribution is -0.109. The average molecular weight is 252 g/mol. The number of carbonyl (C=O) groups is 2. The van der Waals surface area contributed by atoms with E-state index in [1.807, 2.05) is 6.08 Å². The number of hydrogen-bond donors (Lipinski definition) is 0. The number of hydrogen-bond acceptors (Lipinski definition) is 3. The van der Waals surface area contributed by atoms with E-state index in [0.717, 1.165) is 6.42 Å². The minimum absolute atomic E-state index is 0.0902. The van der Waals surface area contributed by atoms with E-state index < -0.39 is 5.82 Å². The molecule has 1 aromatic rings. The molecule has 0 fully saturated rings. The van der Waals surface area contributed by atoms with E-state index in [2.05, 4.69) is 0 Å². The van der Waals surface area contributed by atoms with Gasteiger partial charge < -0.3 is 0 Å². The first-order valence-electron chi connectivity index (χ1n) is 5.17. The van der Waals surface area contributed by atoms with Crippen LogP contribution in [-0.4, -0.2) is 17.2 Å². The maximum atomic E-state index is 13.1. The van der Waals surface area contributed by atoms with Crippen molar-refractivity contribution in [3.63, 3.8) is 0 Å². The Labute approximate surface area is 104 Å². The standard InChI is InChI=1S/C13H13FO2S/c1-10(16)17-5-3-2-4-11-6-12(9-15)8-13(14)7-11/h2,4,6-9H,3,5H2,1H3. The Balaban J connectivity index is 2.55. The number of thioether (sulfide) groups is 1. The van der Waals surface area contributed by atoms with Crippen LogP contribution in [0.4, 0.5) is 4.39 Å². The van der Waals surface area contributed by atoms with Crippen LogP contribution in [0.3, 0.4) is 0 Å². The number of aldehydes is 1. The van der Waals surface area contributed by atoms with Gasteiger partial charge in [-0.05, 0) is 30.2 Å². The third-order valence-electron chi connectivity index (χ3n) is 1.98. The fourth-order valence-electron chi connectivity index (χ4n) is 1.29. The van der Waals surface area contributed by atoms with Gasteiger partial charge in [-0.15, -0.1) is 0 Å². The summed E-state index contributed by atoms with van der Waals surface area (Å²) in [4.78, 5) is 21.2. The van der Waals surface area contributed by atoms with Crippen molar-refractivity contribution in [3.8, 4) is 0 Å². The minimum atomic E-state index is -0.424. The van der Waals surface area contributed by atoms with Crippen LogP contribution in [0, 0.1) is 5.82 Å². The Morgan fingerprint density at radius 2 is 2.06 bits per heavy atom. The molecule has 0 unspecified atom stereocenters. The second-order valence-electron chi connectivity index (χ2n) is 3.47. The topological polar surface area (TPSA) is 34.1 Å². The third-order valence-corrected chi connectivity index (χ3v) is 2.83. The smallest absolute Gasteiger partial charge is 0.185 e. The average Bonchev–Trinajstić information content (AvgIpc) is 2.27. The van der Waals surface area contributed by atoms with Gasteiger partial charge in [-0.3, -0.25) is 9.59 Å². The van der Waals surface area contributed by atoms with Gasteiger partial charge in [-0.2, -0.15) is 0 Å². The third kappa shape index (κ3) is 5.45. The van der Waals surface area contributed by atoms with Gasteiger partial charge in [0.1, 0.15) is 12.1 Å². The molecule has 1 aromatic carbocycles. The quantitative estimate of drug-likeness (QED) is 0.595.